The topological polar surface area (TPSA) is 49.4 Å². The minimum absolute atomic E-state index is 0.0224. The Bertz CT molecular complexity index is 722. The molecular formula is C22H26N2O2. The van der Waals surface area contributed by atoms with Gasteiger partial charge < -0.3 is 10.2 Å². The van der Waals surface area contributed by atoms with E-state index in [0.29, 0.717) is 19.5 Å². The second kappa shape index (κ2) is 8.65. The molecule has 1 aliphatic rings. The molecular weight excluding hydrogens is 324 g/mol. The van der Waals surface area contributed by atoms with Crippen molar-refractivity contribution in [1.29, 1.82) is 0 Å². The number of nitrogens with one attached hydrogen (secondary N) is 1. The molecule has 2 aromatic rings. The number of nitrogens with zero attached hydrogens (tertiary/aromatic N) is 1. The third kappa shape index (κ3) is 4.72. The number of para-hydroxylation sites is 1. The predicted octanol–water partition coefficient (Wildman–Crippen LogP) is 4.06. The van der Waals surface area contributed by atoms with Crippen LogP contribution in [0.1, 0.15) is 37.7 Å². The molecule has 1 N–H and O–H groups in total. The van der Waals surface area contributed by atoms with Crippen LogP contribution in [0.5, 0.6) is 0 Å². The highest BCUT2D eigenvalue weighted by molar-refractivity contribution is 5.92. The van der Waals surface area contributed by atoms with Crippen LogP contribution in [0, 0.1) is 5.92 Å². The number of piperidine rings is 1. The fourth-order valence-corrected chi connectivity index (χ4v) is 3.45. The zero-order valence-corrected chi connectivity index (χ0v) is 15.2. The molecule has 1 aliphatic heterocycles. The maximum atomic E-state index is 12.6. The summed E-state index contributed by atoms with van der Waals surface area (Å²) >= 11 is 0. The molecule has 3 rings (SSSR count). The van der Waals surface area contributed by atoms with E-state index in [4.69, 9.17) is 0 Å². The van der Waals surface area contributed by atoms with Crippen molar-refractivity contribution >= 4 is 17.5 Å². The second-order valence-electron chi connectivity index (χ2n) is 7.03. The first kappa shape index (κ1) is 18.2. The van der Waals surface area contributed by atoms with Crippen molar-refractivity contribution in [3.05, 3.63) is 66.2 Å². The number of likely N-dealkylation sites (tertiary alicyclic amines) is 1. The molecule has 2 aromatic carbocycles. The Balaban J connectivity index is 1.47. The molecule has 1 atom stereocenters. The summed E-state index contributed by atoms with van der Waals surface area (Å²) in [6.45, 7) is 3.41. The summed E-state index contributed by atoms with van der Waals surface area (Å²) in [5, 5.41) is 2.97. The molecule has 0 radical (unpaired) electrons. The average molecular weight is 350 g/mol. The largest absolute Gasteiger partial charge is 0.343 e. The molecule has 1 saturated heterocycles. The number of hydrogen-bond acceptors (Lipinski definition) is 2. The lowest BCUT2D eigenvalue weighted by Gasteiger charge is -2.32. The van der Waals surface area contributed by atoms with E-state index in [9.17, 15) is 9.59 Å². The first-order valence-corrected chi connectivity index (χ1v) is 9.32. The maximum Gasteiger partial charge on any atom is 0.227 e. The molecule has 4 heteroatoms. The first-order valence-electron chi connectivity index (χ1n) is 9.32. The molecule has 1 heterocycles. The minimum Gasteiger partial charge on any atom is -0.343 e. The lowest BCUT2D eigenvalue weighted by atomic mass is 9.93. The second-order valence-corrected chi connectivity index (χ2v) is 7.03. The van der Waals surface area contributed by atoms with Crippen molar-refractivity contribution in [3.8, 4) is 0 Å². The fourth-order valence-electron chi connectivity index (χ4n) is 3.45. The molecule has 0 aliphatic carbocycles. The van der Waals surface area contributed by atoms with E-state index >= 15 is 0 Å². The van der Waals surface area contributed by atoms with Gasteiger partial charge >= 0.3 is 0 Å². The van der Waals surface area contributed by atoms with E-state index in [1.165, 1.54) is 5.56 Å². The van der Waals surface area contributed by atoms with Gasteiger partial charge in [-0.2, -0.15) is 0 Å². The van der Waals surface area contributed by atoms with E-state index in [2.05, 4.69) is 24.4 Å². The Labute approximate surface area is 155 Å². The summed E-state index contributed by atoms with van der Waals surface area (Å²) in [6.07, 6.45) is 1.97. The third-order valence-electron chi connectivity index (χ3n) is 5.11. The van der Waals surface area contributed by atoms with Crippen LogP contribution in [0.4, 0.5) is 5.69 Å². The Morgan fingerprint density at radius 1 is 1.00 bits per heavy atom. The fraction of sp³-hybridized carbons (Fsp3) is 0.364. The van der Waals surface area contributed by atoms with Gasteiger partial charge in [0.25, 0.3) is 0 Å². The van der Waals surface area contributed by atoms with Gasteiger partial charge in [0.1, 0.15) is 0 Å². The number of benzene rings is 2. The summed E-state index contributed by atoms with van der Waals surface area (Å²) in [5.74, 6) is 0.429. The quantitative estimate of drug-likeness (QED) is 0.884. The van der Waals surface area contributed by atoms with E-state index in [-0.39, 0.29) is 23.7 Å². The Kier molecular flexibility index (Phi) is 6.05. The van der Waals surface area contributed by atoms with Gasteiger partial charge in [-0.3, -0.25) is 9.59 Å². The number of carbonyl (C=O) groups is 2. The molecule has 1 fully saturated rings. The van der Waals surface area contributed by atoms with Crippen LogP contribution in [-0.2, 0) is 9.59 Å². The van der Waals surface area contributed by atoms with Crippen LogP contribution < -0.4 is 5.32 Å². The molecule has 0 unspecified atom stereocenters. The van der Waals surface area contributed by atoms with Crippen LogP contribution in [0.15, 0.2) is 60.7 Å². The maximum absolute atomic E-state index is 12.6. The SMILES string of the molecule is C[C@H](CC(=O)N1CCC(C(=O)Nc2ccccc2)CC1)c1ccccc1. The highest BCUT2D eigenvalue weighted by Crippen LogP contribution is 2.23. The van der Waals surface area contributed by atoms with Crippen LogP contribution in [0.25, 0.3) is 0 Å². The van der Waals surface area contributed by atoms with Gasteiger partial charge in [-0.15, -0.1) is 0 Å². The lowest BCUT2D eigenvalue weighted by Crippen LogP contribution is -2.41. The Morgan fingerprint density at radius 2 is 1.58 bits per heavy atom. The van der Waals surface area contributed by atoms with Crippen LogP contribution in [0.3, 0.4) is 0 Å². The van der Waals surface area contributed by atoms with Crippen molar-refractivity contribution in [2.24, 2.45) is 5.92 Å². The average Bonchev–Trinajstić information content (AvgIpc) is 2.69. The third-order valence-corrected chi connectivity index (χ3v) is 5.11. The summed E-state index contributed by atoms with van der Waals surface area (Å²) in [6, 6.07) is 19.7. The van der Waals surface area contributed by atoms with E-state index in [0.717, 1.165) is 18.5 Å². The van der Waals surface area contributed by atoms with Crippen molar-refractivity contribution in [2.45, 2.75) is 32.1 Å². The summed E-state index contributed by atoms with van der Waals surface area (Å²) in [4.78, 5) is 26.9. The number of anilines is 1. The summed E-state index contributed by atoms with van der Waals surface area (Å²) in [7, 11) is 0. The highest BCUT2D eigenvalue weighted by atomic mass is 16.2. The first-order chi connectivity index (χ1) is 12.6. The molecule has 4 nitrogen and oxygen atoms in total. The summed E-state index contributed by atoms with van der Waals surface area (Å²) < 4.78 is 0. The zero-order valence-electron chi connectivity index (χ0n) is 15.2. The molecule has 0 saturated carbocycles. The standard InChI is InChI=1S/C22H26N2O2/c1-17(18-8-4-2-5-9-18)16-21(25)24-14-12-19(13-15-24)22(26)23-20-10-6-3-7-11-20/h2-11,17,19H,12-16H2,1H3,(H,23,26)/t17-/m1/s1. The van der Waals surface area contributed by atoms with Gasteiger partial charge in [0.05, 0.1) is 0 Å². The number of amides is 2. The Hall–Kier alpha value is -2.62. The van der Waals surface area contributed by atoms with Crippen LogP contribution >= 0.6 is 0 Å². The van der Waals surface area contributed by atoms with Crippen molar-refractivity contribution < 1.29 is 9.59 Å². The van der Waals surface area contributed by atoms with Crippen LogP contribution in [-0.4, -0.2) is 29.8 Å². The van der Waals surface area contributed by atoms with E-state index < -0.39 is 0 Å². The lowest BCUT2D eigenvalue weighted by molar-refractivity contribution is -0.134. The molecule has 0 aromatic heterocycles. The van der Waals surface area contributed by atoms with Gasteiger partial charge in [0.2, 0.25) is 11.8 Å². The zero-order chi connectivity index (χ0) is 18.4. The molecule has 26 heavy (non-hydrogen) atoms. The Morgan fingerprint density at radius 3 is 2.19 bits per heavy atom. The molecule has 2 amide bonds. The smallest absolute Gasteiger partial charge is 0.227 e. The van der Waals surface area contributed by atoms with Gasteiger partial charge in [0.15, 0.2) is 0 Å². The normalized spacial score (nSPS) is 16.1. The molecule has 0 spiro atoms. The van der Waals surface area contributed by atoms with Crippen LogP contribution in [0.2, 0.25) is 0 Å². The molecule has 0 bridgehead atoms. The monoisotopic (exact) mass is 350 g/mol. The van der Waals surface area contributed by atoms with E-state index in [1.54, 1.807) is 0 Å². The number of rotatable bonds is 5. The van der Waals surface area contributed by atoms with Gasteiger partial charge in [0, 0.05) is 31.1 Å². The van der Waals surface area contributed by atoms with Crippen molar-refractivity contribution in [3.63, 3.8) is 0 Å². The van der Waals surface area contributed by atoms with E-state index in [1.807, 2.05) is 53.4 Å². The van der Waals surface area contributed by atoms with Crippen molar-refractivity contribution in [1.82, 2.24) is 4.90 Å². The van der Waals surface area contributed by atoms with Gasteiger partial charge in [-0.25, -0.2) is 0 Å². The van der Waals surface area contributed by atoms with Gasteiger partial charge in [-0.1, -0.05) is 55.5 Å². The summed E-state index contributed by atoms with van der Waals surface area (Å²) in [5.41, 5.74) is 2.02. The minimum atomic E-state index is -0.0224. The van der Waals surface area contributed by atoms with Gasteiger partial charge in [-0.05, 0) is 36.5 Å². The predicted molar refractivity (Wildman–Crippen MR) is 104 cm³/mol. The number of hydrogen-bond donors (Lipinski definition) is 1. The highest BCUT2D eigenvalue weighted by Gasteiger charge is 2.28. The molecule has 136 valence electrons. The number of carbonyl (C=O) groups excluding carboxylic acids is 2. The van der Waals surface area contributed by atoms with Crippen molar-refractivity contribution in [2.75, 3.05) is 18.4 Å².